The maximum Gasteiger partial charge on any atom is 0.265 e. The highest BCUT2D eigenvalue weighted by Crippen LogP contribution is 2.60. The number of halogens is 5. The van der Waals surface area contributed by atoms with Crippen LogP contribution in [0, 0.1) is 16.7 Å². The quantitative estimate of drug-likeness (QED) is 0.798. The molecular formula is C17H21F5N2O. The topological polar surface area (TPSA) is 45.1 Å². The first-order valence-electron chi connectivity index (χ1n) is 7.76. The third-order valence-corrected chi connectivity index (χ3v) is 4.87. The molecule has 2 heterocycles. The van der Waals surface area contributed by atoms with E-state index in [1.165, 1.54) is 45.3 Å². The summed E-state index contributed by atoms with van der Waals surface area (Å²) in [6, 6.07) is 2.56. The normalized spacial score (nSPS) is 30.4. The van der Waals surface area contributed by atoms with E-state index >= 15 is 0 Å². The van der Waals surface area contributed by atoms with Crippen LogP contribution in [0.15, 0.2) is 36.6 Å². The Morgan fingerprint density at radius 1 is 1.16 bits per heavy atom. The van der Waals surface area contributed by atoms with Crippen LogP contribution in [0.1, 0.15) is 26.3 Å². The highest BCUT2D eigenvalue weighted by molar-refractivity contribution is 5.34. The van der Waals surface area contributed by atoms with Gasteiger partial charge in [0.15, 0.2) is 0 Å². The lowest BCUT2D eigenvalue weighted by molar-refractivity contribution is -0.167. The molecule has 1 aromatic rings. The molecule has 2 N–H and O–H groups in total. The molecule has 3 unspecified atom stereocenters. The van der Waals surface area contributed by atoms with E-state index in [4.69, 9.17) is 0 Å². The predicted octanol–water partition coefficient (Wildman–Crippen LogP) is 3.86. The van der Waals surface area contributed by atoms with Gasteiger partial charge in [-0.15, -0.1) is 0 Å². The van der Waals surface area contributed by atoms with Gasteiger partial charge in [0.2, 0.25) is 0 Å². The number of nitrogens with one attached hydrogen (secondary N) is 1. The van der Waals surface area contributed by atoms with Crippen molar-refractivity contribution in [2.45, 2.75) is 39.2 Å². The second kappa shape index (κ2) is 6.55. The number of aromatic nitrogens is 1. The molecule has 8 heteroatoms. The zero-order chi connectivity index (χ0) is 19.0. The van der Waals surface area contributed by atoms with Crippen molar-refractivity contribution in [3.05, 3.63) is 42.1 Å². The van der Waals surface area contributed by atoms with Gasteiger partial charge in [-0.3, -0.25) is 4.98 Å². The lowest BCUT2D eigenvalue weighted by Gasteiger charge is -2.56. The van der Waals surface area contributed by atoms with Crippen molar-refractivity contribution >= 4 is 0 Å². The smallest absolute Gasteiger partial charge is 0.265 e. The molecule has 25 heavy (non-hydrogen) atoms. The molecule has 0 aliphatic carbocycles. The Morgan fingerprint density at radius 2 is 1.72 bits per heavy atom. The van der Waals surface area contributed by atoms with Crippen LogP contribution in [0.25, 0.3) is 0 Å². The summed E-state index contributed by atoms with van der Waals surface area (Å²) in [6.45, 7) is 3.13. The third-order valence-electron chi connectivity index (χ3n) is 4.87. The summed E-state index contributed by atoms with van der Waals surface area (Å²) in [5, 5.41) is 12.1. The van der Waals surface area contributed by atoms with Gasteiger partial charge >= 0.3 is 0 Å². The second-order valence-corrected chi connectivity index (χ2v) is 7.34. The van der Waals surface area contributed by atoms with Crippen LogP contribution in [0.5, 0.6) is 0 Å². The Kier molecular flexibility index (Phi) is 5.14. The van der Waals surface area contributed by atoms with Crippen LogP contribution in [0.2, 0.25) is 0 Å². The van der Waals surface area contributed by atoms with Crippen LogP contribution < -0.4 is 5.32 Å². The number of alkyl halides is 4. The van der Waals surface area contributed by atoms with E-state index in [-0.39, 0.29) is 5.56 Å². The fourth-order valence-corrected chi connectivity index (χ4v) is 4.06. The maximum absolute atomic E-state index is 14.6. The van der Waals surface area contributed by atoms with E-state index in [0.717, 1.165) is 0 Å². The van der Waals surface area contributed by atoms with Gasteiger partial charge in [-0.2, -0.15) is 0 Å². The monoisotopic (exact) mass is 364 g/mol. The van der Waals surface area contributed by atoms with Crippen LogP contribution in [0.3, 0.4) is 0 Å². The number of hydrogen-bond donors (Lipinski definition) is 2. The van der Waals surface area contributed by atoms with Gasteiger partial charge < -0.3 is 10.4 Å². The first kappa shape index (κ1) is 19.6. The number of pyridine rings is 1. The molecule has 1 aromatic heterocycles. The average molecular weight is 364 g/mol. The van der Waals surface area contributed by atoms with Gasteiger partial charge in [-0.05, 0) is 23.1 Å². The van der Waals surface area contributed by atoms with Crippen molar-refractivity contribution in [3.8, 4) is 0 Å². The van der Waals surface area contributed by atoms with Crippen molar-refractivity contribution in [2.75, 3.05) is 6.61 Å². The molecule has 140 valence electrons. The molecule has 0 spiro atoms. The molecule has 0 saturated carbocycles. The Balaban J connectivity index is 2.88. The van der Waals surface area contributed by atoms with Crippen molar-refractivity contribution in [1.82, 2.24) is 10.3 Å². The molecule has 2 rings (SSSR count). The summed E-state index contributed by atoms with van der Waals surface area (Å²) < 4.78 is 71.3. The van der Waals surface area contributed by atoms with E-state index < -0.39 is 47.6 Å². The fraction of sp³-hybridized carbons (Fsp3) is 0.588. The first-order valence-corrected chi connectivity index (χ1v) is 7.76. The Bertz CT molecular complexity index is 632. The molecule has 0 aromatic carbocycles. The predicted molar refractivity (Wildman–Crippen MR) is 82.7 cm³/mol. The Hall–Kier alpha value is -1.70. The van der Waals surface area contributed by atoms with Gasteiger partial charge in [0.1, 0.15) is 16.8 Å². The van der Waals surface area contributed by atoms with Crippen LogP contribution >= 0.6 is 0 Å². The largest absolute Gasteiger partial charge is 0.395 e. The van der Waals surface area contributed by atoms with Crippen LogP contribution in [-0.2, 0) is 5.54 Å². The molecule has 0 fully saturated rings. The summed E-state index contributed by atoms with van der Waals surface area (Å²) in [4.78, 5) is 3.76. The van der Waals surface area contributed by atoms with Gasteiger partial charge in [-0.25, -0.2) is 22.0 Å². The zero-order valence-electron chi connectivity index (χ0n) is 14.1. The molecule has 0 saturated heterocycles. The zero-order valence-corrected chi connectivity index (χ0v) is 14.1. The van der Waals surface area contributed by atoms with Crippen LogP contribution in [0.4, 0.5) is 22.0 Å². The Morgan fingerprint density at radius 3 is 2.12 bits per heavy atom. The van der Waals surface area contributed by atoms with Crippen molar-refractivity contribution in [1.29, 1.82) is 0 Å². The molecule has 1 aliphatic heterocycles. The summed E-state index contributed by atoms with van der Waals surface area (Å²) in [7, 11) is 0. The SMILES string of the molecule is CC(C)(C)C1C(CO)(C(F)F)C(F)=CNC1(c1ccncc1)C(F)F. The number of aliphatic hydroxyl groups excluding tert-OH is 1. The van der Waals surface area contributed by atoms with Crippen molar-refractivity contribution < 1.29 is 27.1 Å². The molecule has 0 bridgehead atoms. The molecule has 3 nitrogen and oxygen atoms in total. The summed E-state index contributed by atoms with van der Waals surface area (Å²) >= 11 is 0. The van der Waals surface area contributed by atoms with E-state index in [1.54, 1.807) is 0 Å². The van der Waals surface area contributed by atoms with E-state index in [1.807, 2.05) is 0 Å². The molecule has 1 aliphatic rings. The minimum Gasteiger partial charge on any atom is -0.395 e. The molecular weight excluding hydrogens is 343 g/mol. The minimum absolute atomic E-state index is 0.000324. The lowest BCUT2D eigenvalue weighted by Crippen LogP contribution is -2.66. The number of aliphatic hydroxyl groups is 1. The molecule has 0 amide bonds. The maximum atomic E-state index is 14.6. The molecule has 3 atom stereocenters. The fourth-order valence-electron chi connectivity index (χ4n) is 4.06. The molecule has 0 radical (unpaired) electrons. The van der Waals surface area contributed by atoms with E-state index in [0.29, 0.717) is 6.20 Å². The summed E-state index contributed by atoms with van der Waals surface area (Å²) in [5.74, 6) is -2.99. The van der Waals surface area contributed by atoms with E-state index in [2.05, 4.69) is 10.3 Å². The number of rotatable bonds is 4. The van der Waals surface area contributed by atoms with Gasteiger partial charge in [-0.1, -0.05) is 20.8 Å². The second-order valence-electron chi connectivity index (χ2n) is 7.34. The van der Waals surface area contributed by atoms with Gasteiger partial charge in [0.05, 0.1) is 6.61 Å². The minimum atomic E-state index is -3.37. The average Bonchev–Trinajstić information content (AvgIpc) is 2.54. The standard InChI is InChI=1S/C17H21F5N2O/c1-15(2,3)12-16(9-25,13(19)20)11(18)8-24-17(12,14(21)22)10-4-6-23-7-5-10/h4-8,12-14,24-25H,9H2,1-3H3. The number of hydrogen-bond acceptors (Lipinski definition) is 3. The van der Waals surface area contributed by atoms with Gasteiger partial charge in [0.25, 0.3) is 12.9 Å². The first-order chi connectivity index (χ1) is 11.5. The van der Waals surface area contributed by atoms with Crippen molar-refractivity contribution in [3.63, 3.8) is 0 Å². The van der Waals surface area contributed by atoms with Crippen molar-refractivity contribution in [2.24, 2.45) is 16.7 Å². The third kappa shape index (κ3) is 2.80. The van der Waals surface area contributed by atoms with E-state index in [9.17, 15) is 27.1 Å². The summed E-state index contributed by atoms with van der Waals surface area (Å²) in [6.07, 6.45) is -3.47. The van der Waals surface area contributed by atoms with Gasteiger partial charge in [0, 0.05) is 24.5 Å². The Labute approximate surface area is 143 Å². The number of nitrogens with zero attached hydrogens (tertiary/aromatic N) is 1. The lowest BCUT2D eigenvalue weighted by atomic mass is 9.53. The highest BCUT2D eigenvalue weighted by Gasteiger charge is 2.67. The van der Waals surface area contributed by atoms with Crippen LogP contribution in [-0.4, -0.2) is 29.5 Å². The summed E-state index contributed by atoms with van der Waals surface area (Å²) in [5.41, 5.74) is -6.25. The highest BCUT2D eigenvalue weighted by atomic mass is 19.3.